The molecule has 0 bridgehead atoms. The van der Waals surface area contributed by atoms with Crippen LogP contribution < -0.4 is 0 Å². The van der Waals surface area contributed by atoms with E-state index in [1.165, 1.54) is 23.9 Å². The molecule has 1 aromatic carbocycles. The van der Waals surface area contributed by atoms with Crippen LogP contribution in [0, 0.1) is 10.1 Å². The predicted molar refractivity (Wildman–Crippen MR) is 94.2 cm³/mol. The first kappa shape index (κ1) is 17.2. The number of nitro groups is 1. The fraction of sp³-hybridized carbons (Fsp3) is 0.125. The molecule has 2 heterocycles. The van der Waals surface area contributed by atoms with E-state index >= 15 is 0 Å². The van der Waals surface area contributed by atoms with Crippen LogP contribution >= 0.6 is 23.4 Å². The van der Waals surface area contributed by atoms with Crippen LogP contribution in [-0.4, -0.2) is 26.5 Å². The van der Waals surface area contributed by atoms with Crippen LogP contribution in [-0.2, 0) is 11.3 Å². The number of hydrogen-bond donors (Lipinski definition) is 0. The molecule has 0 atom stereocenters. The Labute approximate surface area is 151 Å². The summed E-state index contributed by atoms with van der Waals surface area (Å²) < 4.78 is 6.91. The van der Waals surface area contributed by atoms with Crippen LogP contribution in [0.4, 0.5) is 5.69 Å². The van der Waals surface area contributed by atoms with Crippen molar-refractivity contribution in [3.05, 3.63) is 69.1 Å². The van der Waals surface area contributed by atoms with E-state index in [1.807, 2.05) is 6.26 Å². The lowest BCUT2D eigenvalue weighted by Gasteiger charge is -2.05. The number of benzene rings is 1. The normalized spacial score (nSPS) is 10.8. The summed E-state index contributed by atoms with van der Waals surface area (Å²) in [6.07, 6.45) is 5.18. The van der Waals surface area contributed by atoms with Crippen LogP contribution in [0.3, 0.4) is 0 Å². The Balaban J connectivity index is 1.80. The van der Waals surface area contributed by atoms with Gasteiger partial charge < -0.3 is 9.14 Å². The Kier molecular flexibility index (Phi) is 4.91. The Morgan fingerprint density at radius 1 is 1.36 bits per heavy atom. The van der Waals surface area contributed by atoms with Crippen LogP contribution in [0.25, 0.3) is 5.65 Å². The molecule has 0 fully saturated rings. The first-order valence-electron chi connectivity index (χ1n) is 7.10. The second-order valence-corrected chi connectivity index (χ2v) is 6.38. The second-order valence-electron chi connectivity index (χ2n) is 5.06. The number of aromatic nitrogens is 2. The van der Waals surface area contributed by atoms with Gasteiger partial charge in [0.25, 0.3) is 5.69 Å². The molecule has 0 unspecified atom stereocenters. The van der Waals surface area contributed by atoms with E-state index in [0.717, 1.165) is 4.90 Å². The zero-order chi connectivity index (χ0) is 18.0. The summed E-state index contributed by atoms with van der Waals surface area (Å²) in [5.41, 5.74) is 0.804. The molecule has 2 aromatic heterocycles. The van der Waals surface area contributed by atoms with Gasteiger partial charge in [-0.15, -0.1) is 11.8 Å². The molecule has 7 nitrogen and oxygen atoms in total. The van der Waals surface area contributed by atoms with E-state index in [2.05, 4.69) is 4.98 Å². The lowest BCUT2D eigenvalue weighted by atomic mass is 10.2. The zero-order valence-electron chi connectivity index (χ0n) is 13.0. The summed E-state index contributed by atoms with van der Waals surface area (Å²) in [6.45, 7) is -0.0984. The van der Waals surface area contributed by atoms with E-state index in [9.17, 15) is 14.9 Å². The van der Waals surface area contributed by atoms with Gasteiger partial charge in [0.05, 0.1) is 15.6 Å². The Morgan fingerprint density at radius 3 is 2.88 bits per heavy atom. The van der Waals surface area contributed by atoms with Gasteiger partial charge in [0, 0.05) is 23.4 Å². The smallest absolute Gasteiger partial charge is 0.345 e. The molecule has 0 saturated heterocycles. The number of carbonyl (C=O) groups is 1. The highest BCUT2D eigenvalue weighted by atomic mass is 35.5. The average Bonchev–Trinajstić information content (AvgIpc) is 3.00. The highest BCUT2D eigenvalue weighted by Gasteiger charge is 2.22. The number of rotatable bonds is 5. The van der Waals surface area contributed by atoms with Crippen LogP contribution in [0.5, 0.6) is 0 Å². The van der Waals surface area contributed by atoms with Crippen molar-refractivity contribution in [3.63, 3.8) is 0 Å². The number of halogens is 1. The first-order chi connectivity index (χ1) is 12.0. The number of pyridine rings is 1. The van der Waals surface area contributed by atoms with Crippen molar-refractivity contribution in [2.24, 2.45) is 0 Å². The molecule has 0 aliphatic carbocycles. The molecular formula is C16H12ClN3O4S. The molecular weight excluding hydrogens is 366 g/mol. The SMILES string of the molecule is CSc1ccc([N+](=O)[O-])c(C(=O)OCc2cn3cc(Cl)ccc3n2)c1. The van der Waals surface area contributed by atoms with Crippen molar-refractivity contribution in [2.75, 3.05) is 6.26 Å². The molecule has 128 valence electrons. The average molecular weight is 378 g/mol. The lowest BCUT2D eigenvalue weighted by Crippen LogP contribution is -2.08. The fourth-order valence-electron chi connectivity index (χ4n) is 2.27. The minimum Gasteiger partial charge on any atom is -0.455 e. The van der Waals surface area contributed by atoms with Gasteiger partial charge in [0.1, 0.15) is 17.8 Å². The number of esters is 1. The number of imidazole rings is 1. The van der Waals surface area contributed by atoms with E-state index in [4.69, 9.17) is 16.3 Å². The van der Waals surface area contributed by atoms with Crippen molar-refractivity contribution >= 4 is 40.7 Å². The minimum atomic E-state index is -0.766. The van der Waals surface area contributed by atoms with Crippen molar-refractivity contribution < 1.29 is 14.5 Å². The van der Waals surface area contributed by atoms with Gasteiger partial charge in [0.2, 0.25) is 0 Å². The maximum absolute atomic E-state index is 12.3. The van der Waals surface area contributed by atoms with Gasteiger partial charge in [-0.25, -0.2) is 9.78 Å². The van der Waals surface area contributed by atoms with Gasteiger partial charge in [-0.2, -0.15) is 0 Å². The Morgan fingerprint density at radius 2 is 2.16 bits per heavy atom. The maximum Gasteiger partial charge on any atom is 0.345 e. The number of carbonyl (C=O) groups excluding carboxylic acids is 1. The first-order valence-corrected chi connectivity index (χ1v) is 8.71. The summed E-state index contributed by atoms with van der Waals surface area (Å²) in [6, 6.07) is 7.78. The van der Waals surface area contributed by atoms with Gasteiger partial charge >= 0.3 is 5.97 Å². The van der Waals surface area contributed by atoms with Gasteiger partial charge in [0.15, 0.2) is 0 Å². The molecule has 0 radical (unpaired) electrons. The molecule has 3 rings (SSSR count). The summed E-state index contributed by atoms with van der Waals surface area (Å²) in [4.78, 5) is 27.8. The molecule has 0 spiro atoms. The monoisotopic (exact) mass is 377 g/mol. The van der Waals surface area contributed by atoms with Crippen molar-refractivity contribution in [1.82, 2.24) is 9.38 Å². The fourth-order valence-corrected chi connectivity index (χ4v) is 2.88. The highest BCUT2D eigenvalue weighted by Crippen LogP contribution is 2.25. The van der Waals surface area contributed by atoms with Crippen molar-refractivity contribution in [2.45, 2.75) is 11.5 Å². The lowest BCUT2D eigenvalue weighted by molar-refractivity contribution is -0.385. The van der Waals surface area contributed by atoms with Crippen LogP contribution in [0.15, 0.2) is 47.6 Å². The van der Waals surface area contributed by atoms with E-state index in [1.54, 1.807) is 35.0 Å². The quantitative estimate of drug-likeness (QED) is 0.289. The second kappa shape index (κ2) is 7.12. The third kappa shape index (κ3) is 3.75. The third-order valence-electron chi connectivity index (χ3n) is 3.44. The summed E-state index contributed by atoms with van der Waals surface area (Å²) in [7, 11) is 0. The molecule has 0 saturated carbocycles. The zero-order valence-corrected chi connectivity index (χ0v) is 14.6. The standard InChI is InChI=1S/C16H12ClN3O4S/c1-25-12-3-4-14(20(22)23)13(6-12)16(21)24-9-11-8-19-7-10(17)2-5-15(19)18-11/h2-8H,9H2,1H3. The van der Waals surface area contributed by atoms with Crippen molar-refractivity contribution in [1.29, 1.82) is 0 Å². The molecule has 3 aromatic rings. The number of nitro benzene ring substituents is 1. The molecule has 0 N–H and O–H groups in total. The van der Waals surface area contributed by atoms with E-state index in [-0.39, 0.29) is 17.9 Å². The molecule has 25 heavy (non-hydrogen) atoms. The van der Waals surface area contributed by atoms with Crippen LogP contribution in [0.1, 0.15) is 16.1 Å². The van der Waals surface area contributed by atoms with Gasteiger partial charge in [-0.1, -0.05) is 11.6 Å². The van der Waals surface area contributed by atoms with Gasteiger partial charge in [-0.05, 0) is 30.5 Å². The van der Waals surface area contributed by atoms with Crippen LogP contribution in [0.2, 0.25) is 5.02 Å². The maximum atomic E-state index is 12.3. The Hall–Kier alpha value is -2.58. The molecule has 0 aliphatic rings. The number of hydrogen-bond acceptors (Lipinski definition) is 6. The molecule has 0 amide bonds. The number of ether oxygens (including phenoxy) is 1. The van der Waals surface area contributed by atoms with E-state index in [0.29, 0.717) is 16.4 Å². The van der Waals surface area contributed by atoms with Gasteiger partial charge in [-0.3, -0.25) is 10.1 Å². The largest absolute Gasteiger partial charge is 0.455 e. The topological polar surface area (TPSA) is 86.7 Å². The number of thioether (sulfide) groups is 1. The summed E-state index contributed by atoms with van der Waals surface area (Å²) >= 11 is 7.29. The summed E-state index contributed by atoms with van der Waals surface area (Å²) in [5, 5.41) is 11.7. The van der Waals surface area contributed by atoms with E-state index < -0.39 is 10.9 Å². The highest BCUT2D eigenvalue weighted by molar-refractivity contribution is 7.98. The predicted octanol–water partition coefficient (Wildman–Crippen LogP) is 3.97. The number of fused-ring (bicyclic) bond motifs is 1. The third-order valence-corrected chi connectivity index (χ3v) is 4.39. The molecule has 9 heteroatoms. The summed E-state index contributed by atoms with van der Waals surface area (Å²) in [5.74, 6) is -0.766. The Bertz CT molecular complexity index is 973. The number of nitrogens with zero attached hydrogens (tertiary/aromatic N) is 3. The molecule has 0 aliphatic heterocycles. The minimum absolute atomic E-state index is 0.0799. The van der Waals surface area contributed by atoms with Crippen molar-refractivity contribution in [3.8, 4) is 0 Å².